The molecule has 0 radical (unpaired) electrons. The highest BCUT2D eigenvalue weighted by Crippen LogP contribution is 2.41. The van der Waals surface area contributed by atoms with Crippen LogP contribution >= 0.6 is 22.7 Å². The Morgan fingerprint density at radius 2 is 0.981 bits per heavy atom. The van der Waals surface area contributed by atoms with Crippen molar-refractivity contribution in [2.75, 3.05) is 92.9 Å². The SMILES string of the molecule is C.CC1=C(C)C(=O)C(C(C)(C)CC(=O)N(C)CCN(CCCCCC(=O)NCCN2C(=O)C=CC2=O)C(=O)Oc2ccc3nc(C#N)sc3c2)=C(C)C1=O.CC1=C(C)C(=O)C(C(C)(C)CC(=O)N(C)CCN(CCOCCOCCC(=O)ON2C(=O)CCC2=O)C(=O)Oc2ccc3nc(C#N)sc3c2)=C(C)C1=O. The standard InChI is InChI=1S/C38H44N6O8S.C37H43N5O11S.CH4/c1-23-24(2)36(50)34(25(3)35(23)49)38(4,5)21-33(48)42(6)18-19-43(37(51)52-26-11-12-27-28(20-26)53-30(22-39)41-27)16-9-7-8-10-29(45)40-15-17-44-31(46)13-14-32(44)47;1-22-23(2)35(48)33(24(3)34(22)47)37(4,5)20-31(45)40(6)12-13-41(36(49)52-25-7-8-26-27(19-25)54-28(21-38)39-26)14-16-51-18-17-50-15-11-32(46)53-42-29(43)9-10-30(42)44;/h11-14,20H,7-10,15-19,21H2,1-6H3,(H,40,45);7-8,19H,9-18,20H2,1-6H3;1H4. The number of benzene rings is 2. The molecular formula is C76H91N11O19S2. The molecule has 2 aliphatic heterocycles. The smallest absolute Gasteiger partial charge is 0.410 e. The number of carbonyl (C=O) groups excluding carboxylic acids is 14. The number of thiazole rings is 2. The number of fused-ring (bicyclic) bond motifs is 2. The normalized spacial score (nSPS) is 14.7. The average Bonchev–Trinajstić information content (AvgIpc) is 1.16. The van der Waals surface area contributed by atoms with Crippen LogP contribution in [0.25, 0.3) is 20.4 Å². The highest BCUT2D eigenvalue weighted by Gasteiger charge is 2.41. The first-order valence-electron chi connectivity index (χ1n) is 34.6. The van der Waals surface area contributed by atoms with Crippen molar-refractivity contribution in [3.8, 4) is 23.6 Å². The van der Waals surface area contributed by atoms with Crippen LogP contribution in [0.15, 0.2) is 93.1 Å². The zero-order valence-corrected chi connectivity index (χ0v) is 63.6. The molecule has 4 aliphatic rings. The van der Waals surface area contributed by atoms with E-state index in [2.05, 4.69) is 15.3 Å². The van der Waals surface area contributed by atoms with Crippen LogP contribution in [0.5, 0.6) is 11.5 Å². The predicted molar refractivity (Wildman–Crippen MR) is 396 cm³/mol. The summed E-state index contributed by atoms with van der Waals surface area (Å²) in [6, 6.07) is 13.7. The first kappa shape index (κ1) is 86.1. The van der Waals surface area contributed by atoms with Crippen molar-refractivity contribution in [1.29, 1.82) is 10.5 Å². The molecule has 30 nitrogen and oxygen atoms in total. The summed E-state index contributed by atoms with van der Waals surface area (Å²) in [6.07, 6.45) is 2.63. The molecule has 8 rings (SSSR count). The van der Waals surface area contributed by atoms with Crippen LogP contribution in [-0.2, 0) is 71.8 Å². The summed E-state index contributed by atoms with van der Waals surface area (Å²) in [5.41, 5.74) is 2.23. The zero-order valence-electron chi connectivity index (χ0n) is 62.0. The van der Waals surface area contributed by atoms with Crippen molar-refractivity contribution < 1.29 is 90.9 Å². The molecule has 9 amide bonds. The highest BCUT2D eigenvalue weighted by molar-refractivity contribution is 7.19. The van der Waals surface area contributed by atoms with Gasteiger partial charge in [0.15, 0.2) is 33.1 Å². The summed E-state index contributed by atoms with van der Waals surface area (Å²) in [5, 5.41) is 22.1. The molecule has 2 aromatic carbocycles. The highest BCUT2D eigenvalue weighted by atomic mass is 32.1. The molecule has 4 aromatic rings. The summed E-state index contributed by atoms with van der Waals surface area (Å²) < 4.78 is 23.7. The number of imide groups is 2. The predicted octanol–water partition coefficient (Wildman–Crippen LogP) is 8.56. The van der Waals surface area contributed by atoms with E-state index in [1.165, 1.54) is 43.1 Å². The molecule has 108 heavy (non-hydrogen) atoms. The lowest BCUT2D eigenvalue weighted by molar-refractivity contribution is -0.198. The van der Waals surface area contributed by atoms with Gasteiger partial charge in [0.2, 0.25) is 17.7 Å². The van der Waals surface area contributed by atoms with Gasteiger partial charge in [-0.1, -0.05) is 41.5 Å². The van der Waals surface area contributed by atoms with Crippen molar-refractivity contribution >= 4 is 126 Å². The molecule has 0 atom stereocenters. The van der Waals surface area contributed by atoms with E-state index < -0.39 is 52.6 Å². The van der Waals surface area contributed by atoms with E-state index in [1.54, 1.807) is 120 Å². The van der Waals surface area contributed by atoms with Gasteiger partial charge in [0, 0.05) is 178 Å². The molecule has 1 N–H and O–H groups in total. The number of hydroxylamine groups is 2. The third-order valence-corrected chi connectivity index (χ3v) is 20.3. The van der Waals surface area contributed by atoms with Crippen molar-refractivity contribution in [1.82, 2.24) is 44.8 Å². The summed E-state index contributed by atoms with van der Waals surface area (Å²) in [7, 11) is 3.20. The molecular weight excluding hydrogens is 1440 g/mol. The molecule has 576 valence electrons. The topological polar surface area (TPSA) is 390 Å². The number of likely N-dealkylation sites (N-methyl/N-ethyl adjacent to an activating group) is 2. The van der Waals surface area contributed by atoms with Gasteiger partial charge in [-0.25, -0.2) is 24.4 Å². The molecule has 0 unspecified atom stereocenters. The average molecular weight is 1530 g/mol. The number of nitrogens with one attached hydrogen (secondary N) is 1. The fourth-order valence-electron chi connectivity index (χ4n) is 12.0. The van der Waals surface area contributed by atoms with E-state index in [4.69, 9.17) is 23.8 Å². The van der Waals surface area contributed by atoms with Gasteiger partial charge in [0.05, 0.1) is 53.3 Å². The minimum atomic E-state index is -0.939. The number of amides is 9. The maximum Gasteiger partial charge on any atom is 0.415 e. The summed E-state index contributed by atoms with van der Waals surface area (Å²) >= 11 is 2.34. The fraction of sp³-hybridized carbons (Fsp3) is 0.474. The Labute approximate surface area is 633 Å². The number of nitrogens with zero attached hydrogens (tertiary/aromatic N) is 10. The first-order chi connectivity index (χ1) is 50.6. The van der Waals surface area contributed by atoms with Gasteiger partial charge in [-0.15, -0.1) is 27.7 Å². The summed E-state index contributed by atoms with van der Waals surface area (Å²) in [4.78, 5) is 197. The molecule has 0 bridgehead atoms. The Hall–Kier alpha value is -10.8. The van der Waals surface area contributed by atoms with Crippen molar-refractivity contribution in [3.63, 3.8) is 0 Å². The molecule has 0 spiro atoms. The lowest BCUT2D eigenvalue weighted by atomic mass is 9.71. The number of unbranched alkanes of at least 4 members (excludes halogenated alkanes) is 2. The number of aromatic nitrogens is 2. The molecule has 2 aliphatic carbocycles. The third kappa shape index (κ3) is 22.4. The van der Waals surface area contributed by atoms with Gasteiger partial charge in [-0.05, 0) is 78.6 Å². The third-order valence-electron chi connectivity index (χ3n) is 18.4. The van der Waals surface area contributed by atoms with Gasteiger partial charge >= 0.3 is 18.2 Å². The number of carbonyl (C=O) groups is 14. The van der Waals surface area contributed by atoms with E-state index in [-0.39, 0.29) is 187 Å². The van der Waals surface area contributed by atoms with Gasteiger partial charge in [0.1, 0.15) is 23.6 Å². The van der Waals surface area contributed by atoms with Gasteiger partial charge < -0.3 is 48.7 Å². The quantitative estimate of drug-likeness (QED) is 0.0265. The Balaban J connectivity index is 0.000000335. The molecule has 4 heterocycles. The maximum absolute atomic E-state index is 13.5. The number of ether oxygens (including phenoxy) is 4. The Bertz CT molecular complexity index is 4470. The van der Waals surface area contributed by atoms with Crippen LogP contribution in [-0.4, -0.2) is 215 Å². The number of allylic oxidation sites excluding steroid dienone is 8. The van der Waals surface area contributed by atoms with Crippen molar-refractivity contribution in [2.24, 2.45) is 10.8 Å². The Kier molecular flexibility index (Phi) is 30.8. The zero-order chi connectivity index (χ0) is 78.8. The number of rotatable bonds is 33. The van der Waals surface area contributed by atoms with Crippen LogP contribution in [0.4, 0.5) is 9.59 Å². The lowest BCUT2D eigenvalue weighted by Crippen LogP contribution is -2.43. The van der Waals surface area contributed by atoms with E-state index in [1.807, 2.05) is 12.1 Å². The van der Waals surface area contributed by atoms with E-state index in [0.717, 1.165) is 16.2 Å². The van der Waals surface area contributed by atoms with Crippen molar-refractivity contribution in [3.05, 3.63) is 103 Å². The molecule has 32 heteroatoms. The number of Topliss-reactive ketones (excluding diaryl/α,β-unsaturated/α-hetero) is 4. The second-order valence-electron chi connectivity index (χ2n) is 27.1. The van der Waals surface area contributed by atoms with Crippen molar-refractivity contribution in [2.45, 2.75) is 134 Å². The van der Waals surface area contributed by atoms with Crippen LogP contribution in [0.1, 0.15) is 144 Å². The molecule has 1 saturated heterocycles. The largest absolute Gasteiger partial charge is 0.415 e. The number of hydrogen-bond donors (Lipinski definition) is 1. The number of nitriles is 2. The molecule has 2 aromatic heterocycles. The first-order valence-corrected chi connectivity index (χ1v) is 36.2. The Morgan fingerprint density at radius 1 is 0.546 bits per heavy atom. The second-order valence-corrected chi connectivity index (χ2v) is 29.2. The number of ketones is 4. The van der Waals surface area contributed by atoms with Crippen LogP contribution < -0.4 is 14.8 Å². The van der Waals surface area contributed by atoms with Gasteiger partial charge in [-0.2, -0.15) is 10.5 Å². The van der Waals surface area contributed by atoms with Gasteiger partial charge in [0.25, 0.3) is 23.6 Å². The van der Waals surface area contributed by atoms with E-state index in [9.17, 15) is 77.6 Å². The van der Waals surface area contributed by atoms with E-state index in [0.29, 0.717) is 89.3 Å². The molecule has 1 fully saturated rings. The van der Waals surface area contributed by atoms with Crippen LogP contribution in [0.2, 0.25) is 0 Å². The lowest BCUT2D eigenvalue weighted by Gasteiger charge is -2.33. The van der Waals surface area contributed by atoms with E-state index >= 15 is 0 Å². The summed E-state index contributed by atoms with van der Waals surface area (Å²) in [5.74, 6) is -3.92. The maximum atomic E-state index is 13.5. The Morgan fingerprint density at radius 3 is 1.44 bits per heavy atom. The monoisotopic (exact) mass is 1530 g/mol. The second kappa shape index (κ2) is 38.6. The van der Waals surface area contributed by atoms with Gasteiger partial charge in [-0.3, -0.25) is 57.6 Å². The number of hydrogen-bond acceptors (Lipinski definition) is 25. The van der Waals surface area contributed by atoms with Crippen LogP contribution in [0, 0.1) is 33.5 Å². The minimum Gasteiger partial charge on any atom is -0.410 e. The fourth-order valence-corrected chi connectivity index (χ4v) is 13.6. The van der Waals surface area contributed by atoms with Crippen LogP contribution in [0.3, 0.4) is 0 Å². The molecule has 0 saturated carbocycles. The summed E-state index contributed by atoms with van der Waals surface area (Å²) in [6.45, 7) is 18.0. The minimum absolute atomic E-state index is 0.